The molecule has 3 aromatic carbocycles. The Kier molecular flexibility index (Phi) is 14.3. The van der Waals surface area contributed by atoms with Gasteiger partial charge in [0.05, 0.1) is 43.4 Å². The number of rotatable bonds is 10. The van der Waals surface area contributed by atoms with Crippen LogP contribution < -0.4 is 4.31 Å². The zero-order valence-electron chi connectivity index (χ0n) is 25.0. The van der Waals surface area contributed by atoms with Crippen molar-refractivity contribution in [1.29, 1.82) is 0 Å². The third-order valence-corrected chi connectivity index (χ3v) is 8.88. The van der Waals surface area contributed by atoms with Crippen LogP contribution in [0.2, 0.25) is 10.0 Å². The lowest BCUT2D eigenvalue weighted by Gasteiger charge is -2.45. The van der Waals surface area contributed by atoms with E-state index < -0.39 is 41.8 Å². The molecule has 1 saturated carbocycles. The average Bonchev–Trinajstić information content (AvgIpc) is 3.86. The van der Waals surface area contributed by atoms with E-state index in [4.69, 9.17) is 27.9 Å². The summed E-state index contributed by atoms with van der Waals surface area (Å²) in [7, 11) is 0. The lowest BCUT2D eigenvalue weighted by atomic mass is 9.96. The summed E-state index contributed by atoms with van der Waals surface area (Å²) < 4.78 is 22.3. The predicted octanol–water partition coefficient (Wildman–Crippen LogP) is 7.51. The molecule has 11 heteroatoms. The molecule has 238 valence electrons. The van der Waals surface area contributed by atoms with Crippen molar-refractivity contribution in [2.24, 2.45) is 5.92 Å². The standard InChI is InChI=1S/C25H28ClFN2O5S.C6H5Cl.C2H6/c1-15(25(32)33)23-24(31)29(22(14-34-23)16-6-8-17(26)9-7-16)18(13-30)12-28(35-19-10-11-19)21-5-3-2-4-20(21)27;7-6-4-2-1-3-5-6;1-2/h2-9,15,18-19,22-23,30H,10-14H2,1H3,(H,32,33);1-5H;1-2H3. The van der Waals surface area contributed by atoms with Gasteiger partial charge in [0.1, 0.15) is 11.9 Å². The number of hydrogen-bond donors (Lipinski definition) is 2. The zero-order chi connectivity index (χ0) is 32.2. The molecule has 0 radical (unpaired) electrons. The van der Waals surface area contributed by atoms with E-state index in [9.17, 15) is 24.2 Å². The number of carbonyl (C=O) groups excluding carboxylic acids is 1. The summed E-state index contributed by atoms with van der Waals surface area (Å²) in [4.78, 5) is 26.8. The van der Waals surface area contributed by atoms with Crippen molar-refractivity contribution in [2.75, 3.05) is 24.1 Å². The third kappa shape index (κ3) is 9.84. The van der Waals surface area contributed by atoms with Crippen molar-refractivity contribution in [3.63, 3.8) is 0 Å². The van der Waals surface area contributed by atoms with Crippen LogP contribution in [0.1, 0.15) is 45.2 Å². The number of carbonyl (C=O) groups is 2. The van der Waals surface area contributed by atoms with Gasteiger partial charge < -0.3 is 24.2 Å². The molecule has 1 aliphatic heterocycles. The van der Waals surface area contributed by atoms with Gasteiger partial charge in [0.15, 0.2) is 0 Å². The summed E-state index contributed by atoms with van der Waals surface area (Å²) in [6.07, 6.45) is 0.839. The first kappa shape index (κ1) is 35.7. The molecular weight excluding hydrogens is 626 g/mol. The predicted molar refractivity (Wildman–Crippen MR) is 176 cm³/mol. The fraction of sp³-hybridized carbons (Fsp3) is 0.394. The first-order valence-corrected chi connectivity index (χ1v) is 16.2. The fourth-order valence-corrected chi connectivity index (χ4v) is 6.05. The van der Waals surface area contributed by atoms with E-state index >= 15 is 0 Å². The first-order chi connectivity index (χ1) is 21.2. The Morgan fingerprint density at radius 2 is 1.61 bits per heavy atom. The number of nitrogens with zero attached hydrogens (tertiary/aromatic N) is 2. The molecule has 7 nitrogen and oxygen atoms in total. The third-order valence-electron chi connectivity index (χ3n) is 7.00. The number of aliphatic carboxylic acids is 1. The van der Waals surface area contributed by atoms with Crippen LogP contribution in [0, 0.1) is 11.7 Å². The summed E-state index contributed by atoms with van der Waals surface area (Å²) in [5.41, 5.74) is 1.12. The minimum absolute atomic E-state index is 0.0572. The van der Waals surface area contributed by atoms with Crippen molar-refractivity contribution in [1.82, 2.24) is 4.90 Å². The van der Waals surface area contributed by atoms with Gasteiger partial charge in [-0.3, -0.25) is 9.59 Å². The molecule has 0 aromatic heterocycles. The molecular formula is C33H39Cl2FN2O5S. The average molecular weight is 666 g/mol. The van der Waals surface area contributed by atoms with Crippen LogP contribution in [0.3, 0.4) is 0 Å². The van der Waals surface area contributed by atoms with E-state index in [1.807, 2.05) is 44.2 Å². The summed E-state index contributed by atoms with van der Waals surface area (Å²) >= 11 is 13.1. The van der Waals surface area contributed by atoms with Crippen LogP contribution >= 0.6 is 35.1 Å². The number of morpholine rings is 1. The SMILES string of the molecule is CC.CC(C(=O)O)C1OCC(c2ccc(Cl)cc2)N(C(CO)CN(SC2CC2)c2ccccc2F)C1=O.Clc1ccccc1. The van der Waals surface area contributed by atoms with Crippen molar-refractivity contribution in [3.8, 4) is 0 Å². The van der Waals surface area contributed by atoms with E-state index in [0.717, 1.165) is 23.4 Å². The van der Waals surface area contributed by atoms with Crippen LogP contribution in [0.4, 0.5) is 10.1 Å². The number of carboxylic acids is 1. The molecule has 1 amide bonds. The topological polar surface area (TPSA) is 90.3 Å². The van der Waals surface area contributed by atoms with Crippen LogP contribution in [0.5, 0.6) is 0 Å². The van der Waals surface area contributed by atoms with Crippen LogP contribution in [0.25, 0.3) is 0 Å². The fourth-order valence-electron chi connectivity index (χ4n) is 4.56. The normalized spacial score (nSPS) is 19.1. The molecule has 5 rings (SSSR count). The number of hydrogen-bond acceptors (Lipinski definition) is 6. The van der Waals surface area contributed by atoms with Crippen LogP contribution in [-0.4, -0.2) is 64.1 Å². The Hall–Kier alpha value is -2.82. The van der Waals surface area contributed by atoms with Gasteiger partial charge >= 0.3 is 5.97 Å². The lowest BCUT2D eigenvalue weighted by Crippen LogP contribution is -2.59. The number of aliphatic hydroxyl groups excluding tert-OH is 1. The second kappa shape index (κ2) is 17.6. The molecule has 2 fully saturated rings. The number of aliphatic hydroxyl groups is 1. The maximum Gasteiger partial charge on any atom is 0.309 e. The highest BCUT2D eigenvalue weighted by atomic mass is 35.5. The molecule has 4 unspecified atom stereocenters. The van der Waals surface area contributed by atoms with Crippen molar-refractivity contribution >= 4 is 52.7 Å². The molecule has 2 N–H and O–H groups in total. The van der Waals surface area contributed by atoms with Gasteiger partial charge in [-0.05, 0) is 73.7 Å². The summed E-state index contributed by atoms with van der Waals surface area (Å²) in [6.45, 7) is 5.25. The Morgan fingerprint density at radius 1 is 1.02 bits per heavy atom. The lowest BCUT2D eigenvalue weighted by molar-refractivity contribution is -0.176. The van der Waals surface area contributed by atoms with E-state index in [0.29, 0.717) is 16.0 Å². The van der Waals surface area contributed by atoms with Crippen molar-refractivity contribution in [3.05, 3.63) is 100 Å². The Morgan fingerprint density at radius 3 is 2.14 bits per heavy atom. The van der Waals surface area contributed by atoms with Crippen molar-refractivity contribution < 1.29 is 28.9 Å². The molecule has 1 saturated heterocycles. The number of para-hydroxylation sites is 1. The van der Waals surface area contributed by atoms with Gasteiger partial charge in [0, 0.05) is 15.3 Å². The minimum Gasteiger partial charge on any atom is -0.481 e. The minimum atomic E-state index is -1.19. The number of anilines is 1. The Bertz CT molecular complexity index is 1330. The number of carboxylic acid groups (broad SMARTS) is 1. The van der Waals surface area contributed by atoms with Gasteiger partial charge in [-0.25, -0.2) is 4.39 Å². The Balaban J connectivity index is 0.000000510. The first-order valence-electron chi connectivity index (χ1n) is 14.6. The molecule has 0 bridgehead atoms. The largest absolute Gasteiger partial charge is 0.481 e. The second-order valence-corrected chi connectivity index (χ2v) is 12.3. The molecule has 1 aliphatic carbocycles. The zero-order valence-corrected chi connectivity index (χ0v) is 27.3. The summed E-state index contributed by atoms with van der Waals surface area (Å²) in [5.74, 6) is -3.13. The van der Waals surface area contributed by atoms with Gasteiger partial charge in [-0.1, -0.05) is 79.5 Å². The second-order valence-electron chi connectivity index (χ2n) is 10.1. The highest BCUT2D eigenvalue weighted by molar-refractivity contribution is 8.01. The molecule has 1 heterocycles. The number of benzene rings is 3. The number of halogens is 3. The highest BCUT2D eigenvalue weighted by Gasteiger charge is 2.45. The van der Waals surface area contributed by atoms with Crippen molar-refractivity contribution in [2.45, 2.75) is 57.1 Å². The van der Waals surface area contributed by atoms with Gasteiger partial charge in [-0.2, -0.15) is 0 Å². The van der Waals surface area contributed by atoms with E-state index in [1.54, 1.807) is 46.8 Å². The van der Waals surface area contributed by atoms with E-state index in [-0.39, 0.29) is 19.8 Å². The van der Waals surface area contributed by atoms with Gasteiger partial charge in [0.2, 0.25) is 0 Å². The van der Waals surface area contributed by atoms with Crippen LogP contribution in [0.15, 0.2) is 78.9 Å². The van der Waals surface area contributed by atoms with Gasteiger partial charge in [0.25, 0.3) is 5.91 Å². The molecule has 3 aromatic rings. The summed E-state index contributed by atoms with van der Waals surface area (Å²) in [6, 6.07) is 21.5. The van der Waals surface area contributed by atoms with Crippen LogP contribution in [-0.2, 0) is 14.3 Å². The van der Waals surface area contributed by atoms with E-state index in [2.05, 4.69) is 0 Å². The molecule has 2 aliphatic rings. The smallest absolute Gasteiger partial charge is 0.309 e. The molecule has 0 spiro atoms. The van der Waals surface area contributed by atoms with Gasteiger partial charge in [-0.15, -0.1) is 0 Å². The molecule has 44 heavy (non-hydrogen) atoms. The van der Waals surface area contributed by atoms with E-state index in [1.165, 1.54) is 29.8 Å². The maximum atomic E-state index is 14.7. The number of ether oxygens (including phenoxy) is 1. The number of amides is 1. The monoisotopic (exact) mass is 664 g/mol. The molecule has 4 atom stereocenters. The maximum absolute atomic E-state index is 14.7. The summed E-state index contributed by atoms with van der Waals surface area (Å²) in [5, 5.41) is 21.6. The Labute approximate surface area is 273 Å². The quantitative estimate of drug-likeness (QED) is 0.217. The highest BCUT2D eigenvalue weighted by Crippen LogP contribution is 2.40.